The fourth-order valence-corrected chi connectivity index (χ4v) is 4.79. The molecule has 0 atom stereocenters. The van der Waals surface area contributed by atoms with Crippen LogP contribution in [0.4, 0.5) is 5.82 Å². The highest BCUT2D eigenvalue weighted by Crippen LogP contribution is 2.41. The number of hydrogen-bond donors (Lipinski definition) is 2. The van der Waals surface area contributed by atoms with Crippen LogP contribution in [0, 0.1) is 11.3 Å². The number of benzene rings is 3. The van der Waals surface area contributed by atoms with Crippen molar-refractivity contribution < 1.29 is 27.7 Å². The van der Waals surface area contributed by atoms with E-state index >= 15 is 0 Å². The molecule has 0 amide bonds. The van der Waals surface area contributed by atoms with Crippen LogP contribution in [-0.2, 0) is 15.4 Å². The number of anilines is 1. The summed E-state index contributed by atoms with van der Waals surface area (Å²) in [4.78, 5) is 8.97. The van der Waals surface area contributed by atoms with E-state index in [2.05, 4.69) is 14.7 Å². The Balaban J connectivity index is 1.87. The zero-order valence-corrected chi connectivity index (χ0v) is 23.9. The molecule has 0 aliphatic heterocycles. The van der Waals surface area contributed by atoms with Gasteiger partial charge in [-0.3, -0.25) is 4.72 Å². The minimum absolute atomic E-state index is 0.0186. The summed E-state index contributed by atoms with van der Waals surface area (Å²) in [6.07, 6.45) is 0. The van der Waals surface area contributed by atoms with Crippen molar-refractivity contribution in [2.45, 2.75) is 31.1 Å². The Morgan fingerprint density at radius 1 is 0.951 bits per heavy atom. The summed E-state index contributed by atoms with van der Waals surface area (Å²) in [7, 11) is -2.68. The third-order valence-corrected chi connectivity index (χ3v) is 7.33. The minimum Gasteiger partial charge on any atom is -0.493 e. The van der Waals surface area contributed by atoms with E-state index in [1.54, 1.807) is 60.7 Å². The highest BCUT2D eigenvalue weighted by atomic mass is 32.2. The SMILES string of the molecule is COc1ccccc1Oc1c(NS(=O)(=O)c2ccc(C(C)(C)C)cc2)nc(-c2ccc(C#N)cc2)nc1OCCO. The second-order valence-corrected chi connectivity index (χ2v) is 11.6. The predicted octanol–water partition coefficient (Wildman–Crippen LogP) is 5.29. The van der Waals surface area contributed by atoms with Gasteiger partial charge in [-0.2, -0.15) is 10.2 Å². The lowest BCUT2D eigenvalue weighted by molar-refractivity contribution is 0.192. The normalized spacial score (nSPS) is 11.4. The molecule has 1 heterocycles. The Morgan fingerprint density at radius 3 is 2.20 bits per heavy atom. The van der Waals surface area contributed by atoms with Gasteiger partial charge in [-0.1, -0.05) is 45.0 Å². The van der Waals surface area contributed by atoms with Gasteiger partial charge in [0.2, 0.25) is 5.75 Å². The molecule has 0 spiro atoms. The van der Waals surface area contributed by atoms with Crippen LogP contribution in [0.25, 0.3) is 11.4 Å². The molecule has 10 nitrogen and oxygen atoms in total. The van der Waals surface area contributed by atoms with Crippen LogP contribution >= 0.6 is 0 Å². The summed E-state index contributed by atoms with van der Waals surface area (Å²) in [6.45, 7) is 5.64. The fourth-order valence-electron chi connectivity index (χ4n) is 3.79. The maximum absolute atomic E-state index is 13.6. The van der Waals surface area contributed by atoms with Gasteiger partial charge in [-0.15, -0.1) is 0 Å². The molecule has 3 aromatic carbocycles. The number of rotatable bonds is 10. The largest absolute Gasteiger partial charge is 0.493 e. The molecular weight excluding hydrogens is 544 g/mol. The number of hydrogen-bond acceptors (Lipinski definition) is 9. The molecule has 0 bridgehead atoms. The van der Waals surface area contributed by atoms with Crippen LogP contribution in [0.2, 0.25) is 0 Å². The standard InChI is InChI=1S/C30H30N4O6S/c1-30(2,3)22-13-15-23(16-14-22)41(36,37)34-28-26(40-25-8-6-5-7-24(25)38-4)29(39-18-17-35)33-27(32-28)21-11-9-20(19-31)10-12-21/h5-16,35H,17-18H2,1-4H3,(H,32,33,34). The number of aliphatic hydroxyl groups excluding tert-OH is 1. The van der Waals surface area contributed by atoms with Gasteiger partial charge >= 0.3 is 0 Å². The van der Waals surface area contributed by atoms with E-state index in [1.165, 1.54) is 19.2 Å². The highest BCUT2D eigenvalue weighted by Gasteiger charge is 2.26. The van der Waals surface area contributed by atoms with E-state index in [1.807, 2.05) is 26.8 Å². The second kappa shape index (κ2) is 12.2. The van der Waals surface area contributed by atoms with Crippen LogP contribution in [0.3, 0.4) is 0 Å². The van der Waals surface area contributed by atoms with Gasteiger partial charge in [0.25, 0.3) is 15.9 Å². The van der Waals surface area contributed by atoms with Crippen LogP contribution in [-0.4, -0.2) is 43.8 Å². The molecule has 2 N–H and O–H groups in total. The first-order valence-corrected chi connectivity index (χ1v) is 14.1. The number of ether oxygens (including phenoxy) is 3. The number of methoxy groups -OCH3 is 1. The lowest BCUT2D eigenvalue weighted by Crippen LogP contribution is -2.17. The van der Waals surface area contributed by atoms with Crippen molar-refractivity contribution in [2.24, 2.45) is 0 Å². The van der Waals surface area contributed by atoms with Crippen molar-refractivity contribution in [3.63, 3.8) is 0 Å². The zero-order valence-electron chi connectivity index (χ0n) is 23.1. The van der Waals surface area contributed by atoms with E-state index in [0.717, 1.165) is 5.56 Å². The third-order valence-electron chi connectivity index (χ3n) is 5.98. The number of nitriles is 1. The summed E-state index contributed by atoms with van der Waals surface area (Å²) in [6, 6.07) is 21.9. The molecule has 1 aromatic heterocycles. The Hall–Kier alpha value is -4.66. The fraction of sp³-hybridized carbons (Fsp3) is 0.233. The van der Waals surface area contributed by atoms with Crippen LogP contribution in [0.5, 0.6) is 23.1 Å². The van der Waals surface area contributed by atoms with Gasteiger partial charge in [-0.25, -0.2) is 13.4 Å². The monoisotopic (exact) mass is 574 g/mol. The van der Waals surface area contributed by atoms with Crippen molar-refractivity contribution in [3.8, 4) is 40.6 Å². The van der Waals surface area contributed by atoms with E-state index in [0.29, 0.717) is 16.9 Å². The van der Waals surface area contributed by atoms with Gasteiger partial charge in [0.1, 0.15) is 6.61 Å². The lowest BCUT2D eigenvalue weighted by Gasteiger charge is -2.20. The first-order valence-electron chi connectivity index (χ1n) is 12.7. The Morgan fingerprint density at radius 2 is 1.61 bits per heavy atom. The van der Waals surface area contributed by atoms with Crippen molar-refractivity contribution in [1.29, 1.82) is 5.26 Å². The highest BCUT2D eigenvalue weighted by molar-refractivity contribution is 7.92. The Bertz CT molecular complexity index is 1660. The molecule has 0 unspecified atom stereocenters. The topological polar surface area (TPSA) is 144 Å². The zero-order chi connectivity index (χ0) is 29.6. The lowest BCUT2D eigenvalue weighted by atomic mass is 9.87. The average Bonchev–Trinajstić information content (AvgIpc) is 2.97. The van der Waals surface area contributed by atoms with Gasteiger partial charge in [-0.05, 0) is 59.5 Å². The third kappa shape index (κ3) is 6.92. The second-order valence-electron chi connectivity index (χ2n) is 9.92. The van der Waals surface area contributed by atoms with Crippen molar-refractivity contribution in [3.05, 3.63) is 83.9 Å². The molecule has 11 heteroatoms. The van der Waals surface area contributed by atoms with Gasteiger partial charge in [0, 0.05) is 5.56 Å². The average molecular weight is 575 g/mol. The van der Waals surface area contributed by atoms with Gasteiger partial charge in [0.05, 0.1) is 30.2 Å². The maximum atomic E-state index is 13.6. The number of para-hydroxylation sites is 2. The van der Waals surface area contributed by atoms with Crippen LogP contribution < -0.4 is 18.9 Å². The molecule has 0 aliphatic rings. The first kappa shape index (κ1) is 29.3. The molecule has 0 aliphatic carbocycles. The summed E-state index contributed by atoms with van der Waals surface area (Å²) in [5, 5.41) is 18.6. The predicted molar refractivity (Wildman–Crippen MR) is 154 cm³/mol. The quantitative estimate of drug-likeness (QED) is 0.258. The molecule has 0 radical (unpaired) electrons. The molecule has 0 saturated heterocycles. The van der Waals surface area contributed by atoms with Crippen molar-refractivity contribution in [2.75, 3.05) is 25.0 Å². The van der Waals surface area contributed by atoms with Gasteiger partial charge < -0.3 is 19.3 Å². The van der Waals surface area contributed by atoms with Crippen LogP contribution in [0.1, 0.15) is 31.9 Å². The molecule has 4 aromatic rings. The number of aromatic nitrogens is 2. The maximum Gasteiger partial charge on any atom is 0.263 e. The number of aliphatic hydroxyl groups is 1. The van der Waals surface area contributed by atoms with E-state index in [-0.39, 0.29) is 52.5 Å². The smallest absolute Gasteiger partial charge is 0.263 e. The van der Waals surface area contributed by atoms with Crippen molar-refractivity contribution in [1.82, 2.24) is 9.97 Å². The molecule has 41 heavy (non-hydrogen) atoms. The molecule has 0 saturated carbocycles. The molecule has 4 rings (SSSR count). The van der Waals surface area contributed by atoms with E-state index in [9.17, 15) is 18.8 Å². The summed E-state index contributed by atoms with van der Waals surface area (Å²) >= 11 is 0. The molecular formula is C30H30N4O6S. The Kier molecular flexibility index (Phi) is 8.76. The molecule has 0 fully saturated rings. The summed E-state index contributed by atoms with van der Waals surface area (Å²) in [5.74, 6) is 0.306. The van der Waals surface area contributed by atoms with Crippen molar-refractivity contribution >= 4 is 15.8 Å². The first-order chi connectivity index (χ1) is 19.6. The van der Waals surface area contributed by atoms with E-state index < -0.39 is 10.0 Å². The number of nitrogens with one attached hydrogen (secondary N) is 1. The van der Waals surface area contributed by atoms with E-state index in [4.69, 9.17) is 14.2 Å². The number of sulfonamides is 1. The van der Waals surface area contributed by atoms with Crippen LogP contribution in [0.15, 0.2) is 77.7 Å². The number of nitrogens with zero attached hydrogens (tertiary/aromatic N) is 3. The van der Waals surface area contributed by atoms with Gasteiger partial charge in [0.15, 0.2) is 23.1 Å². The minimum atomic E-state index is -4.15. The summed E-state index contributed by atoms with van der Waals surface area (Å²) in [5.41, 5.74) is 1.74. The molecule has 212 valence electrons. The Labute approximate surface area is 239 Å². The summed E-state index contributed by atoms with van der Waals surface area (Å²) < 4.78 is 46.9.